The summed E-state index contributed by atoms with van der Waals surface area (Å²) in [6, 6.07) is 13.0. The third kappa shape index (κ3) is 4.28. The Balaban J connectivity index is 1.54. The molecule has 0 aliphatic carbocycles. The maximum Gasteiger partial charge on any atom is 0.153 e. The first-order chi connectivity index (χ1) is 14.2. The molecule has 2 heterocycles. The molecular formula is C21H25FN6O. The fraction of sp³-hybridized carbons (Fsp3) is 0.381. The van der Waals surface area contributed by atoms with Gasteiger partial charge < -0.3 is 15.4 Å². The van der Waals surface area contributed by atoms with Crippen molar-refractivity contribution in [2.45, 2.75) is 38.4 Å². The zero-order chi connectivity index (χ0) is 20.2. The molecule has 152 valence electrons. The molecule has 8 heteroatoms. The van der Waals surface area contributed by atoms with Gasteiger partial charge in [-0.2, -0.15) is 4.68 Å². The van der Waals surface area contributed by atoms with Crippen LogP contribution >= 0.6 is 0 Å². The quantitative estimate of drug-likeness (QED) is 0.667. The maximum absolute atomic E-state index is 13.7. The lowest BCUT2D eigenvalue weighted by molar-refractivity contribution is 0.302. The second-order valence-electron chi connectivity index (χ2n) is 7.25. The predicted octanol–water partition coefficient (Wildman–Crippen LogP) is 2.70. The van der Waals surface area contributed by atoms with Crippen LogP contribution in [0.1, 0.15) is 35.8 Å². The largest absolute Gasteiger partial charge is 0.496 e. The number of ether oxygens (including phenoxy) is 1. The number of aryl methyl sites for hydroxylation is 1. The van der Waals surface area contributed by atoms with E-state index in [1.54, 1.807) is 23.9 Å². The molecule has 0 bridgehead atoms. The van der Waals surface area contributed by atoms with Crippen molar-refractivity contribution in [3.63, 3.8) is 0 Å². The summed E-state index contributed by atoms with van der Waals surface area (Å²) in [4.78, 5) is 0. The van der Waals surface area contributed by atoms with Crippen molar-refractivity contribution in [1.29, 1.82) is 0 Å². The molecule has 7 nitrogen and oxygen atoms in total. The first kappa shape index (κ1) is 19.5. The van der Waals surface area contributed by atoms with E-state index in [4.69, 9.17) is 4.74 Å². The summed E-state index contributed by atoms with van der Waals surface area (Å²) in [5, 5.41) is 18.9. The van der Waals surface area contributed by atoms with Crippen molar-refractivity contribution >= 4 is 0 Å². The fourth-order valence-electron chi connectivity index (χ4n) is 3.90. The van der Waals surface area contributed by atoms with Crippen LogP contribution in [0.25, 0.3) is 5.69 Å². The van der Waals surface area contributed by atoms with Gasteiger partial charge in [0.05, 0.1) is 12.8 Å². The van der Waals surface area contributed by atoms with Crippen LogP contribution in [-0.2, 0) is 6.54 Å². The summed E-state index contributed by atoms with van der Waals surface area (Å²) in [5.41, 5.74) is 2.87. The molecule has 1 aromatic heterocycles. The van der Waals surface area contributed by atoms with Crippen LogP contribution in [0.2, 0.25) is 0 Å². The SMILES string of the molecule is COc1ccc(-n2nnnc2C)cc1CN[C@H]1CCCN[C@H]1c1cccc(F)c1. The Labute approximate surface area is 169 Å². The highest BCUT2D eigenvalue weighted by atomic mass is 19.1. The van der Waals surface area contributed by atoms with Gasteiger partial charge in [0.2, 0.25) is 0 Å². The first-order valence-electron chi connectivity index (χ1n) is 9.80. The van der Waals surface area contributed by atoms with Gasteiger partial charge in [-0.3, -0.25) is 0 Å². The minimum Gasteiger partial charge on any atom is -0.496 e. The summed E-state index contributed by atoms with van der Waals surface area (Å²) in [6.07, 6.45) is 2.09. The lowest BCUT2D eigenvalue weighted by atomic mass is 9.92. The number of halogens is 1. The molecule has 0 radical (unpaired) electrons. The van der Waals surface area contributed by atoms with Gasteiger partial charge in [-0.05, 0) is 72.6 Å². The van der Waals surface area contributed by atoms with E-state index in [0.29, 0.717) is 6.54 Å². The van der Waals surface area contributed by atoms with Crippen LogP contribution in [-0.4, -0.2) is 39.9 Å². The van der Waals surface area contributed by atoms with Gasteiger partial charge in [-0.25, -0.2) is 4.39 Å². The number of aromatic nitrogens is 4. The van der Waals surface area contributed by atoms with Crippen molar-refractivity contribution in [2.75, 3.05) is 13.7 Å². The van der Waals surface area contributed by atoms with Crippen molar-refractivity contribution < 1.29 is 9.13 Å². The highest BCUT2D eigenvalue weighted by molar-refractivity contribution is 5.44. The number of nitrogens with one attached hydrogen (secondary N) is 2. The molecule has 2 atom stereocenters. The molecule has 2 N–H and O–H groups in total. The number of hydrogen-bond donors (Lipinski definition) is 2. The number of nitrogens with zero attached hydrogens (tertiary/aromatic N) is 4. The summed E-state index contributed by atoms with van der Waals surface area (Å²) in [7, 11) is 1.67. The number of hydrogen-bond acceptors (Lipinski definition) is 6. The van der Waals surface area contributed by atoms with Crippen LogP contribution in [0, 0.1) is 12.7 Å². The second kappa shape index (κ2) is 8.67. The lowest BCUT2D eigenvalue weighted by Gasteiger charge is -2.34. The molecule has 4 rings (SSSR count). The van der Waals surface area contributed by atoms with Crippen molar-refractivity contribution in [3.8, 4) is 11.4 Å². The van der Waals surface area contributed by atoms with E-state index in [9.17, 15) is 4.39 Å². The summed E-state index contributed by atoms with van der Waals surface area (Å²) in [5.74, 6) is 1.31. The highest BCUT2D eigenvalue weighted by Gasteiger charge is 2.26. The van der Waals surface area contributed by atoms with Crippen LogP contribution in [0.15, 0.2) is 42.5 Å². The van der Waals surface area contributed by atoms with Crippen LogP contribution in [0.4, 0.5) is 4.39 Å². The van der Waals surface area contributed by atoms with Crippen LogP contribution in [0.5, 0.6) is 5.75 Å². The Morgan fingerprint density at radius 2 is 2.17 bits per heavy atom. The zero-order valence-corrected chi connectivity index (χ0v) is 16.6. The second-order valence-corrected chi connectivity index (χ2v) is 7.25. The van der Waals surface area contributed by atoms with E-state index in [0.717, 1.165) is 47.8 Å². The Bertz CT molecular complexity index is 975. The minimum absolute atomic E-state index is 0.0652. The van der Waals surface area contributed by atoms with Gasteiger partial charge in [-0.1, -0.05) is 12.1 Å². The normalized spacial score (nSPS) is 19.3. The Hall–Kier alpha value is -2.84. The zero-order valence-electron chi connectivity index (χ0n) is 16.6. The van der Waals surface area contributed by atoms with Gasteiger partial charge in [0.1, 0.15) is 11.6 Å². The first-order valence-corrected chi connectivity index (χ1v) is 9.80. The van der Waals surface area contributed by atoms with Gasteiger partial charge >= 0.3 is 0 Å². The van der Waals surface area contributed by atoms with E-state index in [-0.39, 0.29) is 17.9 Å². The average molecular weight is 396 g/mol. The van der Waals surface area contributed by atoms with Crippen molar-refractivity contribution in [3.05, 3.63) is 65.2 Å². The van der Waals surface area contributed by atoms with Crippen molar-refractivity contribution in [1.82, 2.24) is 30.8 Å². The van der Waals surface area contributed by atoms with Gasteiger partial charge in [0.15, 0.2) is 5.82 Å². The highest BCUT2D eigenvalue weighted by Crippen LogP contribution is 2.26. The Kier molecular flexibility index (Phi) is 5.82. The summed E-state index contributed by atoms with van der Waals surface area (Å²) >= 11 is 0. The number of rotatable bonds is 6. The molecule has 3 aromatic rings. The maximum atomic E-state index is 13.7. The molecular weight excluding hydrogens is 371 g/mol. The number of methoxy groups -OCH3 is 1. The molecule has 0 saturated carbocycles. The van der Waals surface area contributed by atoms with E-state index in [1.807, 2.05) is 31.2 Å². The number of piperidine rings is 1. The molecule has 0 unspecified atom stereocenters. The van der Waals surface area contributed by atoms with E-state index >= 15 is 0 Å². The summed E-state index contributed by atoms with van der Waals surface area (Å²) in [6.45, 7) is 3.41. The average Bonchev–Trinajstić information content (AvgIpc) is 3.18. The predicted molar refractivity (Wildman–Crippen MR) is 107 cm³/mol. The number of benzene rings is 2. The Morgan fingerprint density at radius 1 is 1.28 bits per heavy atom. The lowest BCUT2D eigenvalue weighted by Crippen LogP contribution is -2.45. The van der Waals surface area contributed by atoms with E-state index < -0.39 is 0 Å². The molecule has 1 fully saturated rings. The smallest absolute Gasteiger partial charge is 0.153 e. The monoisotopic (exact) mass is 396 g/mol. The molecule has 1 aliphatic rings. The molecule has 1 saturated heterocycles. The molecule has 29 heavy (non-hydrogen) atoms. The van der Waals surface area contributed by atoms with Crippen LogP contribution in [0.3, 0.4) is 0 Å². The molecule has 1 aliphatic heterocycles. The third-order valence-corrected chi connectivity index (χ3v) is 5.35. The Morgan fingerprint density at radius 3 is 2.93 bits per heavy atom. The standard InChI is InChI=1S/C21H25FN6O/c1-14-25-26-27-28(14)18-8-9-20(29-2)16(12-18)13-24-19-7-4-10-23-21(19)15-5-3-6-17(22)11-15/h3,5-6,8-9,11-12,19,21,23-24H,4,7,10,13H2,1-2H3/t19-,21-/m0/s1. The van der Waals surface area contributed by atoms with Crippen LogP contribution < -0.4 is 15.4 Å². The molecule has 0 amide bonds. The third-order valence-electron chi connectivity index (χ3n) is 5.35. The summed E-state index contributed by atoms with van der Waals surface area (Å²) < 4.78 is 21.0. The van der Waals surface area contributed by atoms with Crippen molar-refractivity contribution in [2.24, 2.45) is 0 Å². The number of tetrazole rings is 1. The van der Waals surface area contributed by atoms with Gasteiger partial charge in [0.25, 0.3) is 0 Å². The minimum atomic E-state index is -0.209. The van der Waals surface area contributed by atoms with E-state index in [1.165, 1.54) is 6.07 Å². The fourth-order valence-corrected chi connectivity index (χ4v) is 3.90. The molecule has 2 aromatic carbocycles. The topological polar surface area (TPSA) is 76.9 Å². The van der Waals surface area contributed by atoms with E-state index in [2.05, 4.69) is 26.2 Å². The van der Waals surface area contributed by atoms with Gasteiger partial charge in [-0.15, -0.1) is 5.10 Å². The molecule has 0 spiro atoms. The van der Waals surface area contributed by atoms with Gasteiger partial charge in [0, 0.05) is 24.2 Å².